The lowest BCUT2D eigenvalue weighted by atomic mass is 10.1. The molecule has 1 saturated heterocycles. The van der Waals surface area contributed by atoms with Crippen LogP contribution in [0.5, 0.6) is 0 Å². The summed E-state index contributed by atoms with van der Waals surface area (Å²) >= 11 is 1.28. The van der Waals surface area contributed by atoms with E-state index in [4.69, 9.17) is 4.52 Å². The topological polar surface area (TPSA) is 49.8 Å². The van der Waals surface area contributed by atoms with Crippen LogP contribution in [0.25, 0.3) is 0 Å². The van der Waals surface area contributed by atoms with Gasteiger partial charge in [-0.1, -0.05) is 30.0 Å². The molecule has 2 rings (SSSR count). The van der Waals surface area contributed by atoms with Crippen LogP contribution in [0.1, 0.15) is 25.7 Å². The molecule has 1 atom stereocenters. The molecule has 0 saturated carbocycles. The summed E-state index contributed by atoms with van der Waals surface area (Å²) < 4.78 is 7.39. The fourth-order valence-corrected chi connectivity index (χ4v) is 3.95. The van der Waals surface area contributed by atoms with E-state index >= 15 is 0 Å². The van der Waals surface area contributed by atoms with Gasteiger partial charge in [0, 0.05) is 24.4 Å². The van der Waals surface area contributed by atoms with E-state index in [1.807, 2.05) is 16.8 Å². The quantitative estimate of drug-likeness (QED) is 0.604. The zero-order valence-corrected chi connectivity index (χ0v) is 12.7. The van der Waals surface area contributed by atoms with Gasteiger partial charge in [-0.25, -0.2) is 4.67 Å². The van der Waals surface area contributed by atoms with Crippen LogP contribution in [0, 0.1) is 0 Å². The van der Waals surface area contributed by atoms with Gasteiger partial charge in [0.1, 0.15) is 0 Å². The van der Waals surface area contributed by atoms with E-state index in [0.717, 1.165) is 44.3 Å². The smallest absolute Gasteiger partial charge is 0.255 e. The van der Waals surface area contributed by atoms with Gasteiger partial charge in [-0.3, -0.25) is 4.79 Å². The number of hydrogen-bond acceptors (Lipinski definition) is 5. The second-order valence-electron chi connectivity index (χ2n) is 4.54. The van der Waals surface area contributed by atoms with E-state index in [0.29, 0.717) is 12.4 Å². The van der Waals surface area contributed by atoms with Crippen LogP contribution in [0.3, 0.4) is 0 Å². The van der Waals surface area contributed by atoms with E-state index in [-0.39, 0.29) is 5.12 Å². The van der Waals surface area contributed by atoms with Gasteiger partial charge >= 0.3 is 0 Å². The molecule has 1 unspecified atom stereocenters. The molecular formula is C13H20NO3PS. The van der Waals surface area contributed by atoms with Crippen molar-refractivity contribution in [3.8, 4) is 0 Å². The molecule has 2 aliphatic rings. The first-order valence-electron chi connectivity index (χ1n) is 6.67. The van der Waals surface area contributed by atoms with E-state index in [1.54, 1.807) is 0 Å². The lowest BCUT2D eigenvalue weighted by molar-refractivity contribution is -0.108. The Morgan fingerprint density at radius 1 is 1.47 bits per heavy atom. The fourth-order valence-electron chi connectivity index (χ4n) is 2.07. The molecule has 0 spiro atoms. The van der Waals surface area contributed by atoms with Gasteiger partial charge in [0.25, 0.3) is 8.53 Å². The monoisotopic (exact) mass is 301 g/mol. The molecular weight excluding hydrogens is 281 g/mol. The van der Waals surface area contributed by atoms with Crippen molar-refractivity contribution in [3.63, 3.8) is 0 Å². The van der Waals surface area contributed by atoms with Crippen molar-refractivity contribution >= 4 is 25.4 Å². The number of carbonyl (C=O) groups is 1. The number of allylic oxidation sites excluding steroid dienone is 3. The molecule has 6 heteroatoms. The molecule has 1 heterocycles. The van der Waals surface area contributed by atoms with Crippen LogP contribution in [0.4, 0.5) is 0 Å². The molecule has 1 aliphatic carbocycles. The number of rotatable bonds is 6. The standard InChI is InChI=1S/C13H20NO3PS/c15-13(12-6-2-1-3-7-12)19-11-10-17-18(16)14-8-4-5-9-14/h1-2,6,16H,3-5,7-11H2. The Balaban J connectivity index is 1.59. The molecule has 4 nitrogen and oxygen atoms in total. The average Bonchev–Trinajstić information content (AvgIpc) is 2.98. The van der Waals surface area contributed by atoms with Crippen LogP contribution in [-0.2, 0) is 9.32 Å². The van der Waals surface area contributed by atoms with Crippen molar-refractivity contribution in [3.05, 3.63) is 23.8 Å². The Bertz CT molecular complexity index is 367. The summed E-state index contributed by atoms with van der Waals surface area (Å²) in [6.45, 7) is 2.28. The normalized spacial score (nSPS) is 21.4. The van der Waals surface area contributed by atoms with Crippen LogP contribution in [0.2, 0.25) is 0 Å². The maximum atomic E-state index is 11.8. The van der Waals surface area contributed by atoms with E-state index in [1.165, 1.54) is 11.8 Å². The zero-order chi connectivity index (χ0) is 13.5. The molecule has 0 bridgehead atoms. The van der Waals surface area contributed by atoms with Gasteiger partial charge in [0.15, 0.2) is 0 Å². The lowest BCUT2D eigenvalue weighted by Gasteiger charge is -2.20. The van der Waals surface area contributed by atoms with Gasteiger partial charge in [-0.15, -0.1) is 0 Å². The number of hydrogen-bond donors (Lipinski definition) is 1. The highest BCUT2D eigenvalue weighted by atomic mass is 32.2. The Morgan fingerprint density at radius 3 is 2.95 bits per heavy atom. The molecule has 1 aliphatic heterocycles. The molecule has 0 aromatic rings. The summed E-state index contributed by atoms with van der Waals surface area (Å²) in [5, 5.41) is 0.136. The minimum Gasteiger partial charge on any atom is -0.338 e. The van der Waals surface area contributed by atoms with Crippen molar-refractivity contribution in [2.75, 3.05) is 25.4 Å². The molecule has 0 aromatic carbocycles. The highest BCUT2D eigenvalue weighted by Crippen LogP contribution is 2.39. The Morgan fingerprint density at radius 2 is 2.26 bits per heavy atom. The van der Waals surface area contributed by atoms with Gasteiger partial charge in [-0.05, 0) is 25.7 Å². The molecule has 0 aromatic heterocycles. The maximum absolute atomic E-state index is 11.8. The number of nitrogens with zero attached hydrogens (tertiary/aromatic N) is 1. The first-order valence-corrected chi connectivity index (χ1v) is 8.82. The molecule has 19 heavy (non-hydrogen) atoms. The number of thioether (sulfide) groups is 1. The largest absolute Gasteiger partial charge is 0.338 e. The number of carbonyl (C=O) groups excluding carboxylic acids is 1. The predicted molar refractivity (Wildman–Crippen MR) is 79.8 cm³/mol. The Hall–Kier alpha value is -0.190. The summed E-state index contributed by atoms with van der Waals surface area (Å²) in [7, 11) is -1.44. The van der Waals surface area contributed by atoms with Crippen LogP contribution in [-0.4, -0.2) is 40.1 Å². The molecule has 0 amide bonds. The molecule has 1 fully saturated rings. The van der Waals surface area contributed by atoms with E-state index in [9.17, 15) is 9.69 Å². The van der Waals surface area contributed by atoms with Crippen LogP contribution >= 0.6 is 20.3 Å². The first kappa shape index (κ1) is 15.2. The fraction of sp³-hybridized carbons (Fsp3) is 0.615. The average molecular weight is 301 g/mol. The van der Waals surface area contributed by atoms with Crippen molar-refractivity contribution in [1.29, 1.82) is 0 Å². The van der Waals surface area contributed by atoms with Crippen molar-refractivity contribution in [1.82, 2.24) is 4.67 Å². The van der Waals surface area contributed by atoms with E-state index < -0.39 is 8.53 Å². The second kappa shape index (κ2) is 8.18. The SMILES string of the molecule is O=C(SCCOP(O)N1CCCC1)C1=CC=CCC1. The second-order valence-corrected chi connectivity index (χ2v) is 6.94. The molecule has 0 radical (unpaired) electrons. The third-order valence-electron chi connectivity index (χ3n) is 3.12. The minimum absolute atomic E-state index is 0.136. The first-order chi connectivity index (χ1) is 9.27. The lowest BCUT2D eigenvalue weighted by Crippen LogP contribution is -2.14. The highest BCUT2D eigenvalue weighted by Gasteiger charge is 2.21. The van der Waals surface area contributed by atoms with Crippen molar-refractivity contribution in [2.45, 2.75) is 25.7 Å². The van der Waals surface area contributed by atoms with Crippen LogP contribution in [0.15, 0.2) is 23.8 Å². The van der Waals surface area contributed by atoms with Gasteiger partial charge < -0.3 is 9.42 Å². The summed E-state index contributed by atoms with van der Waals surface area (Å²) in [6.07, 6.45) is 9.96. The summed E-state index contributed by atoms with van der Waals surface area (Å²) in [5.41, 5.74) is 0.887. The van der Waals surface area contributed by atoms with Crippen molar-refractivity contribution in [2.24, 2.45) is 0 Å². The predicted octanol–water partition coefficient (Wildman–Crippen LogP) is 2.85. The van der Waals surface area contributed by atoms with Gasteiger partial charge in [0.2, 0.25) is 5.12 Å². The molecule has 1 N–H and O–H groups in total. The Labute approximate surface area is 119 Å². The maximum Gasteiger partial charge on any atom is 0.255 e. The third kappa shape index (κ3) is 5.01. The Kier molecular flexibility index (Phi) is 6.54. The summed E-state index contributed by atoms with van der Waals surface area (Å²) in [6, 6.07) is 0. The third-order valence-corrected chi connectivity index (χ3v) is 5.32. The molecule has 106 valence electrons. The highest BCUT2D eigenvalue weighted by molar-refractivity contribution is 8.14. The van der Waals surface area contributed by atoms with E-state index in [2.05, 4.69) is 6.08 Å². The summed E-state index contributed by atoms with van der Waals surface area (Å²) in [5.74, 6) is 0.604. The van der Waals surface area contributed by atoms with Crippen molar-refractivity contribution < 1.29 is 14.2 Å². The zero-order valence-electron chi connectivity index (χ0n) is 11.0. The summed E-state index contributed by atoms with van der Waals surface area (Å²) in [4.78, 5) is 21.7. The van der Waals surface area contributed by atoms with Gasteiger partial charge in [-0.2, -0.15) is 0 Å². The van der Waals surface area contributed by atoms with Gasteiger partial charge in [0.05, 0.1) is 6.61 Å². The minimum atomic E-state index is -1.44. The van der Waals surface area contributed by atoms with Crippen LogP contribution < -0.4 is 0 Å².